The Hall–Kier alpha value is -1.95. The predicted octanol–water partition coefficient (Wildman–Crippen LogP) is 1.74. The molecule has 1 aliphatic heterocycles. The Morgan fingerprint density at radius 2 is 1.85 bits per heavy atom. The minimum atomic E-state index is -2.88. The third kappa shape index (κ3) is 2.96. The highest BCUT2D eigenvalue weighted by molar-refractivity contribution is 7.91. The van der Waals surface area contributed by atoms with Crippen LogP contribution in [-0.2, 0) is 9.84 Å². The molecule has 0 radical (unpaired) electrons. The van der Waals surface area contributed by atoms with Crippen LogP contribution in [0.5, 0.6) is 0 Å². The molecule has 0 unspecified atom stereocenters. The van der Waals surface area contributed by atoms with Gasteiger partial charge < -0.3 is 5.32 Å². The summed E-state index contributed by atoms with van der Waals surface area (Å²) in [4.78, 5) is 0. The fourth-order valence-corrected chi connectivity index (χ4v) is 3.96. The fourth-order valence-electron chi connectivity index (χ4n) is 2.29. The van der Waals surface area contributed by atoms with Crippen molar-refractivity contribution in [3.05, 3.63) is 42.5 Å². The van der Waals surface area contributed by atoms with E-state index in [1.54, 1.807) is 0 Å². The molecular weight excluding hydrogens is 274 g/mol. The highest BCUT2D eigenvalue weighted by Crippen LogP contribution is 2.19. The van der Waals surface area contributed by atoms with Crippen LogP contribution in [0.1, 0.15) is 6.42 Å². The van der Waals surface area contributed by atoms with Gasteiger partial charge in [-0.2, -0.15) is 0 Å². The molecule has 3 rings (SSSR count). The zero-order valence-electron chi connectivity index (χ0n) is 10.9. The summed E-state index contributed by atoms with van der Waals surface area (Å²) in [6.07, 6.45) is 0.629. The van der Waals surface area contributed by atoms with Crippen molar-refractivity contribution in [1.82, 2.24) is 10.2 Å². The van der Waals surface area contributed by atoms with Gasteiger partial charge in [-0.15, -0.1) is 10.2 Å². The third-order valence-corrected chi connectivity index (χ3v) is 5.09. The number of nitrogens with zero attached hydrogens (tertiary/aromatic N) is 2. The zero-order valence-corrected chi connectivity index (χ0v) is 11.7. The molecule has 1 aromatic carbocycles. The van der Waals surface area contributed by atoms with Crippen LogP contribution in [0.25, 0.3) is 11.3 Å². The van der Waals surface area contributed by atoms with Crippen LogP contribution in [0.15, 0.2) is 42.5 Å². The van der Waals surface area contributed by atoms with Crippen LogP contribution >= 0.6 is 0 Å². The van der Waals surface area contributed by atoms with Crippen molar-refractivity contribution >= 4 is 15.7 Å². The molecule has 1 saturated heterocycles. The number of hydrogen-bond acceptors (Lipinski definition) is 5. The first-order chi connectivity index (χ1) is 9.62. The predicted molar refractivity (Wildman–Crippen MR) is 78.1 cm³/mol. The lowest BCUT2D eigenvalue weighted by Gasteiger charge is -2.10. The summed E-state index contributed by atoms with van der Waals surface area (Å²) in [7, 11) is -2.88. The molecule has 0 bridgehead atoms. The van der Waals surface area contributed by atoms with Crippen molar-refractivity contribution in [3.8, 4) is 11.3 Å². The quantitative estimate of drug-likeness (QED) is 0.932. The number of nitrogens with one attached hydrogen (secondary N) is 1. The van der Waals surface area contributed by atoms with E-state index in [2.05, 4.69) is 15.5 Å². The molecule has 1 aromatic heterocycles. The van der Waals surface area contributed by atoms with Gasteiger partial charge in [-0.1, -0.05) is 30.3 Å². The number of anilines is 1. The van der Waals surface area contributed by atoms with Crippen LogP contribution < -0.4 is 5.32 Å². The van der Waals surface area contributed by atoms with Gasteiger partial charge >= 0.3 is 0 Å². The third-order valence-electron chi connectivity index (χ3n) is 3.32. The molecule has 20 heavy (non-hydrogen) atoms. The van der Waals surface area contributed by atoms with E-state index in [1.807, 2.05) is 42.5 Å². The summed E-state index contributed by atoms with van der Waals surface area (Å²) in [5.74, 6) is 1.04. The molecule has 1 N–H and O–H groups in total. The van der Waals surface area contributed by atoms with E-state index in [-0.39, 0.29) is 17.5 Å². The van der Waals surface area contributed by atoms with Crippen LogP contribution in [0.4, 0.5) is 5.82 Å². The van der Waals surface area contributed by atoms with Crippen LogP contribution in [0.2, 0.25) is 0 Å². The maximum atomic E-state index is 11.4. The molecular formula is C14H15N3O2S. The summed E-state index contributed by atoms with van der Waals surface area (Å²) >= 11 is 0. The Morgan fingerprint density at radius 1 is 1.05 bits per heavy atom. The summed E-state index contributed by atoms with van der Waals surface area (Å²) < 4.78 is 22.8. The lowest BCUT2D eigenvalue weighted by Crippen LogP contribution is -2.21. The standard InChI is InChI=1S/C14H15N3O2S/c18-20(19)9-8-12(10-20)15-14-7-6-13(16-17-14)11-4-2-1-3-5-11/h1-7,12H,8-10H2,(H,15,17)/t12-/m0/s1. The lowest BCUT2D eigenvalue weighted by molar-refractivity contribution is 0.602. The molecule has 0 saturated carbocycles. The fraction of sp³-hybridized carbons (Fsp3) is 0.286. The first-order valence-electron chi connectivity index (χ1n) is 6.48. The number of hydrogen-bond donors (Lipinski definition) is 1. The average Bonchev–Trinajstić information content (AvgIpc) is 2.80. The van der Waals surface area contributed by atoms with Crippen molar-refractivity contribution < 1.29 is 8.42 Å². The Morgan fingerprint density at radius 3 is 2.45 bits per heavy atom. The van der Waals surface area contributed by atoms with Gasteiger partial charge in [0.2, 0.25) is 0 Å². The normalized spacial score (nSPS) is 20.7. The van der Waals surface area contributed by atoms with Crippen molar-refractivity contribution in [2.24, 2.45) is 0 Å². The van der Waals surface area contributed by atoms with Crippen molar-refractivity contribution in [1.29, 1.82) is 0 Å². The molecule has 5 nitrogen and oxygen atoms in total. The Labute approximate surface area is 118 Å². The first-order valence-corrected chi connectivity index (χ1v) is 8.31. The maximum Gasteiger partial charge on any atom is 0.152 e. The zero-order chi connectivity index (χ0) is 14.0. The van der Waals surface area contributed by atoms with Crippen molar-refractivity contribution in [2.75, 3.05) is 16.8 Å². The van der Waals surface area contributed by atoms with E-state index in [4.69, 9.17) is 0 Å². The Kier molecular flexibility index (Phi) is 3.40. The van der Waals surface area contributed by atoms with Crippen LogP contribution in [0, 0.1) is 0 Å². The Balaban J connectivity index is 1.71. The SMILES string of the molecule is O=S1(=O)CC[C@H](Nc2ccc(-c3ccccc3)nn2)C1. The highest BCUT2D eigenvalue weighted by atomic mass is 32.2. The average molecular weight is 289 g/mol. The summed E-state index contributed by atoms with van der Waals surface area (Å²) in [6.45, 7) is 0. The van der Waals surface area contributed by atoms with Gasteiger partial charge in [0, 0.05) is 11.6 Å². The molecule has 1 aliphatic rings. The van der Waals surface area contributed by atoms with E-state index in [1.165, 1.54) is 0 Å². The molecule has 1 fully saturated rings. The second kappa shape index (κ2) is 5.20. The number of rotatable bonds is 3. The number of benzene rings is 1. The van der Waals surface area contributed by atoms with E-state index >= 15 is 0 Å². The van der Waals surface area contributed by atoms with E-state index in [0.717, 1.165) is 11.3 Å². The van der Waals surface area contributed by atoms with Crippen molar-refractivity contribution in [3.63, 3.8) is 0 Å². The Bertz CT molecular complexity index is 684. The molecule has 2 heterocycles. The number of sulfone groups is 1. The van der Waals surface area contributed by atoms with Crippen molar-refractivity contribution in [2.45, 2.75) is 12.5 Å². The second-order valence-corrected chi connectivity index (χ2v) is 7.14. The van der Waals surface area contributed by atoms with Crippen LogP contribution in [0.3, 0.4) is 0 Å². The largest absolute Gasteiger partial charge is 0.365 e. The van der Waals surface area contributed by atoms with Gasteiger partial charge in [0.1, 0.15) is 5.82 Å². The molecule has 0 spiro atoms. The van der Waals surface area contributed by atoms with E-state index < -0.39 is 9.84 Å². The minimum Gasteiger partial charge on any atom is -0.365 e. The van der Waals surface area contributed by atoms with Gasteiger partial charge in [0.05, 0.1) is 17.2 Å². The highest BCUT2D eigenvalue weighted by Gasteiger charge is 2.27. The molecule has 104 valence electrons. The second-order valence-electron chi connectivity index (χ2n) is 4.91. The lowest BCUT2D eigenvalue weighted by atomic mass is 10.1. The molecule has 2 aromatic rings. The molecule has 0 amide bonds. The smallest absolute Gasteiger partial charge is 0.152 e. The molecule has 0 aliphatic carbocycles. The summed E-state index contributed by atoms with van der Waals surface area (Å²) in [5, 5.41) is 11.4. The van der Waals surface area contributed by atoms with Gasteiger partial charge in [0.25, 0.3) is 0 Å². The summed E-state index contributed by atoms with van der Waals surface area (Å²) in [6, 6.07) is 13.5. The topological polar surface area (TPSA) is 72.0 Å². The van der Waals surface area contributed by atoms with Gasteiger partial charge in [-0.25, -0.2) is 8.42 Å². The molecule has 1 atom stereocenters. The van der Waals surface area contributed by atoms with Crippen LogP contribution in [-0.4, -0.2) is 36.2 Å². The van der Waals surface area contributed by atoms with Gasteiger partial charge in [-0.3, -0.25) is 0 Å². The van der Waals surface area contributed by atoms with Gasteiger partial charge in [-0.05, 0) is 18.6 Å². The summed E-state index contributed by atoms with van der Waals surface area (Å²) in [5.41, 5.74) is 1.81. The molecule has 6 heteroatoms. The first kappa shape index (κ1) is 13.1. The maximum absolute atomic E-state index is 11.4. The van der Waals surface area contributed by atoms with E-state index in [9.17, 15) is 8.42 Å². The minimum absolute atomic E-state index is 0.0584. The van der Waals surface area contributed by atoms with E-state index in [0.29, 0.717) is 12.2 Å². The monoisotopic (exact) mass is 289 g/mol. The number of aromatic nitrogens is 2. The van der Waals surface area contributed by atoms with Gasteiger partial charge in [0.15, 0.2) is 9.84 Å².